The van der Waals surface area contributed by atoms with Gasteiger partial charge >= 0.3 is 0 Å². The third-order valence-corrected chi connectivity index (χ3v) is 3.81. The fourth-order valence-corrected chi connectivity index (χ4v) is 2.80. The monoisotopic (exact) mass is 311 g/mol. The van der Waals surface area contributed by atoms with Crippen LogP contribution in [-0.2, 0) is 14.6 Å². The van der Waals surface area contributed by atoms with E-state index in [1.165, 1.54) is 11.5 Å². The molecule has 21 heavy (non-hydrogen) atoms. The molecule has 2 rings (SSSR count). The molecule has 1 amide bonds. The van der Waals surface area contributed by atoms with E-state index in [0.29, 0.717) is 12.1 Å². The number of methoxy groups -OCH3 is 1. The van der Waals surface area contributed by atoms with Gasteiger partial charge in [0.25, 0.3) is 5.91 Å². The summed E-state index contributed by atoms with van der Waals surface area (Å²) in [6, 6.07) is 4.85. The van der Waals surface area contributed by atoms with Crippen LogP contribution in [0.5, 0.6) is 0 Å². The number of amides is 1. The van der Waals surface area contributed by atoms with E-state index >= 15 is 0 Å². The first-order chi connectivity index (χ1) is 9.84. The van der Waals surface area contributed by atoms with Gasteiger partial charge in [-0.15, -0.1) is 0 Å². The molecule has 0 bridgehead atoms. The van der Waals surface area contributed by atoms with Crippen molar-refractivity contribution in [1.29, 1.82) is 0 Å². The van der Waals surface area contributed by atoms with Crippen molar-refractivity contribution in [3.05, 3.63) is 30.1 Å². The van der Waals surface area contributed by atoms with Crippen LogP contribution in [0.3, 0.4) is 0 Å². The van der Waals surface area contributed by atoms with Gasteiger partial charge in [0, 0.05) is 25.6 Å². The molecule has 2 aromatic heterocycles. The number of fused-ring (bicyclic) bond motifs is 1. The highest BCUT2D eigenvalue weighted by Gasteiger charge is 2.23. The molecule has 1 atom stereocenters. The first kappa shape index (κ1) is 15.5. The van der Waals surface area contributed by atoms with E-state index in [1.807, 2.05) is 0 Å². The van der Waals surface area contributed by atoms with E-state index in [9.17, 15) is 13.2 Å². The van der Waals surface area contributed by atoms with Crippen molar-refractivity contribution in [2.45, 2.75) is 18.1 Å². The van der Waals surface area contributed by atoms with Crippen LogP contribution < -0.4 is 5.32 Å². The number of nitrogens with zero attached hydrogens (tertiary/aromatic N) is 2. The molecule has 114 valence electrons. The number of rotatable bonds is 5. The minimum atomic E-state index is -3.53. The minimum Gasteiger partial charge on any atom is -0.383 e. The van der Waals surface area contributed by atoms with Crippen LogP contribution in [0, 0.1) is 0 Å². The Balaban J connectivity index is 2.48. The van der Waals surface area contributed by atoms with Crippen molar-refractivity contribution in [1.82, 2.24) is 14.7 Å². The van der Waals surface area contributed by atoms with E-state index in [4.69, 9.17) is 4.74 Å². The molecule has 1 N–H and O–H groups in total. The molecule has 0 unspecified atom stereocenters. The van der Waals surface area contributed by atoms with Gasteiger partial charge in [0.1, 0.15) is 0 Å². The zero-order valence-corrected chi connectivity index (χ0v) is 12.8. The van der Waals surface area contributed by atoms with Crippen LogP contribution in [0.4, 0.5) is 0 Å². The zero-order valence-electron chi connectivity index (χ0n) is 12.0. The second-order valence-electron chi connectivity index (χ2n) is 4.80. The van der Waals surface area contributed by atoms with Crippen LogP contribution in [-0.4, -0.2) is 49.7 Å². The fourth-order valence-electron chi connectivity index (χ4n) is 2.02. The molecule has 7 nitrogen and oxygen atoms in total. The number of hydrogen-bond acceptors (Lipinski definition) is 5. The molecular formula is C13H17N3O4S. The summed E-state index contributed by atoms with van der Waals surface area (Å²) >= 11 is 0. The van der Waals surface area contributed by atoms with Gasteiger partial charge in [0.15, 0.2) is 5.69 Å². The largest absolute Gasteiger partial charge is 0.383 e. The van der Waals surface area contributed by atoms with E-state index in [0.717, 1.165) is 6.26 Å². The average Bonchev–Trinajstić information content (AvgIpc) is 2.78. The maximum Gasteiger partial charge on any atom is 0.272 e. The molecule has 0 radical (unpaired) electrons. The number of ether oxygens (including phenoxy) is 1. The van der Waals surface area contributed by atoms with Gasteiger partial charge in [0.2, 0.25) is 15.0 Å². The van der Waals surface area contributed by atoms with Crippen molar-refractivity contribution in [2.24, 2.45) is 0 Å². The van der Waals surface area contributed by atoms with E-state index < -0.39 is 15.7 Å². The molecule has 0 fully saturated rings. The number of pyridine rings is 1. The van der Waals surface area contributed by atoms with Crippen LogP contribution in [0.15, 0.2) is 29.6 Å². The lowest BCUT2D eigenvalue weighted by Gasteiger charge is -2.11. The Bertz CT molecular complexity index is 767. The molecule has 0 aliphatic carbocycles. The number of carbonyl (C=O) groups excluding carboxylic acids is 1. The van der Waals surface area contributed by atoms with Crippen molar-refractivity contribution in [2.75, 3.05) is 20.0 Å². The number of carbonyl (C=O) groups is 1. The topological polar surface area (TPSA) is 89.8 Å². The number of sulfone groups is 1. The Morgan fingerprint density at radius 3 is 2.81 bits per heavy atom. The first-order valence-corrected chi connectivity index (χ1v) is 8.20. The molecule has 2 heterocycles. The molecule has 0 spiro atoms. The predicted octanol–water partition coefficient (Wildman–Crippen LogP) is 0.503. The normalized spacial score (nSPS) is 13.3. The summed E-state index contributed by atoms with van der Waals surface area (Å²) < 4.78 is 29.9. The maximum atomic E-state index is 12.2. The van der Waals surface area contributed by atoms with Crippen molar-refractivity contribution in [3.8, 4) is 0 Å². The van der Waals surface area contributed by atoms with Crippen molar-refractivity contribution < 1.29 is 17.9 Å². The summed E-state index contributed by atoms with van der Waals surface area (Å²) in [5, 5.41) is 2.57. The molecule has 0 aliphatic heterocycles. The molecule has 0 saturated carbocycles. The number of aromatic nitrogens is 2. The van der Waals surface area contributed by atoms with Gasteiger partial charge in [-0.25, -0.2) is 13.4 Å². The molecule has 0 saturated heterocycles. The Kier molecular flexibility index (Phi) is 4.29. The smallest absolute Gasteiger partial charge is 0.272 e. The number of hydrogen-bond donors (Lipinski definition) is 1. The van der Waals surface area contributed by atoms with Crippen LogP contribution in [0.25, 0.3) is 5.52 Å². The summed E-state index contributed by atoms with van der Waals surface area (Å²) in [5.74, 6) is -0.432. The highest BCUT2D eigenvalue weighted by molar-refractivity contribution is 7.90. The average molecular weight is 311 g/mol. The highest BCUT2D eigenvalue weighted by Crippen LogP contribution is 2.16. The third-order valence-electron chi connectivity index (χ3n) is 2.86. The van der Waals surface area contributed by atoms with E-state index in [2.05, 4.69) is 10.3 Å². The highest BCUT2D eigenvalue weighted by atomic mass is 32.2. The van der Waals surface area contributed by atoms with Crippen LogP contribution >= 0.6 is 0 Å². The Morgan fingerprint density at radius 2 is 2.19 bits per heavy atom. The second-order valence-corrected chi connectivity index (χ2v) is 6.71. The molecule has 0 aromatic carbocycles. The van der Waals surface area contributed by atoms with Crippen LogP contribution in [0.2, 0.25) is 0 Å². The Morgan fingerprint density at radius 1 is 1.48 bits per heavy atom. The van der Waals surface area contributed by atoms with E-state index in [-0.39, 0.29) is 16.9 Å². The lowest BCUT2D eigenvalue weighted by molar-refractivity contribution is 0.0902. The first-order valence-electron chi connectivity index (χ1n) is 6.31. The molecule has 8 heteroatoms. The lowest BCUT2D eigenvalue weighted by Crippen LogP contribution is -2.35. The van der Waals surface area contributed by atoms with Gasteiger partial charge in [-0.1, -0.05) is 6.07 Å². The van der Waals surface area contributed by atoms with Gasteiger partial charge < -0.3 is 10.1 Å². The summed E-state index contributed by atoms with van der Waals surface area (Å²) in [4.78, 5) is 16.2. The molecule has 2 aromatic rings. The predicted molar refractivity (Wildman–Crippen MR) is 77.1 cm³/mol. The molecule has 0 aliphatic rings. The number of imidazole rings is 1. The van der Waals surface area contributed by atoms with Crippen LogP contribution in [0.1, 0.15) is 17.4 Å². The summed E-state index contributed by atoms with van der Waals surface area (Å²) in [6.45, 7) is 2.15. The van der Waals surface area contributed by atoms with Crippen molar-refractivity contribution >= 4 is 21.3 Å². The quantitative estimate of drug-likeness (QED) is 0.868. The molecular weight excluding hydrogens is 294 g/mol. The van der Waals surface area contributed by atoms with Gasteiger partial charge in [-0.05, 0) is 19.1 Å². The minimum absolute atomic E-state index is 0.0824. The van der Waals surface area contributed by atoms with Gasteiger partial charge in [0.05, 0.1) is 12.1 Å². The maximum absolute atomic E-state index is 12.2. The van der Waals surface area contributed by atoms with E-state index in [1.54, 1.807) is 31.3 Å². The summed E-state index contributed by atoms with van der Waals surface area (Å²) in [7, 11) is -2.00. The Labute approximate surface area is 122 Å². The zero-order chi connectivity index (χ0) is 15.6. The summed E-state index contributed by atoms with van der Waals surface area (Å²) in [6.07, 6.45) is 2.62. The third kappa shape index (κ3) is 3.22. The standard InChI is InChI=1S/C13H17N3O4S/c1-9(8-20-2)14-12(17)11-10-6-4-5-7-16(10)13(15-11)21(3,18)19/h4-7,9H,8H2,1-3H3,(H,14,17)/t9-/m1/s1. The summed E-state index contributed by atoms with van der Waals surface area (Å²) in [5.41, 5.74) is 0.527. The van der Waals surface area contributed by atoms with Gasteiger partial charge in [-0.2, -0.15) is 0 Å². The Hall–Kier alpha value is -1.93. The lowest BCUT2D eigenvalue weighted by atomic mass is 10.3. The number of nitrogens with one attached hydrogen (secondary N) is 1. The van der Waals surface area contributed by atoms with Crippen molar-refractivity contribution in [3.63, 3.8) is 0 Å². The fraction of sp³-hybridized carbons (Fsp3) is 0.385. The second kappa shape index (κ2) is 5.82. The van der Waals surface area contributed by atoms with Gasteiger partial charge in [-0.3, -0.25) is 9.20 Å². The SMILES string of the molecule is COC[C@@H](C)NC(=O)c1nc(S(C)(=O)=O)n2ccccc12.